The highest BCUT2D eigenvalue weighted by molar-refractivity contribution is 5.79. The number of nitrogens with one attached hydrogen (secondary N) is 1. The highest BCUT2D eigenvalue weighted by Gasteiger charge is 2.27. The van der Waals surface area contributed by atoms with E-state index in [1.807, 2.05) is 0 Å². The Morgan fingerprint density at radius 2 is 1.76 bits per heavy atom. The third-order valence-electron chi connectivity index (χ3n) is 5.60. The minimum Gasteiger partial charge on any atom is -0.387 e. The second kappa shape index (κ2) is 8.77. The van der Waals surface area contributed by atoms with Crippen molar-refractivity contribution >= 4 is 5.91 Å². The molecule has 138 valence electrons. The third kappa shape index (κ3) is 5.25. The summed E-state index contributed by atoms with van der Waals surface area (Å²) in [5.74, 6) is 0.0208. The van der Waals surface area contributed by atoms with Crippen molar-refractivity contribution in [2.45, 2.75) is 57.1 Å². The van der Waals surface area contributed by atoms with Gasteiger partial charge in [0, 0.05) is 18.5 Å². The van der Waals surface area contributed by atoms with Gasteiger partial charge in [-0.05, 0) is 56.5 Å². The number of amides is 1. The molecule has 0 aromatic heterocycles. The maximum Gasteiger partial charge on any atom is 0.223 e. The molecule has 0 radical (unpaired) electrons. The number of benzene rings is 1. The molecule has 1 aromatic carbocycles. The number of rotatable bonds is 5. The SMILES string of the molecule is O=C(NC1CCCCC1)C1CCN(C[C@H](O)c2ccc(F)cc2)CC1. The van der Waals surface area contributed by atoms with Gasteiger partial charge in [-0.15, -0.1) is 0 Å². The van der Waals surface area contributed by atoms with Crippen molar-refractivity contribution in [1.82, 2.24) is 10.2 Å². The lowest BCUT2D eigenvalue weighted by Gasteiger charge is -2.33. The number of nitrogens with zero attached hydrogens (tertiary/aromatic N) is 1. The number of aliphatic hydroxyl groups excluding tert-OH is 1. The van der Waals surface area contributed by atoms with E-state index in [1.54, 1.807) is 12.1 Å². The zero-order valence-corrected chi connectivity index (χ0v) is 14.8. The Morgan fingerprint density at radius 1 is 1.12 bits per heavy atom. The predicted octanol–water partition coefficient (Wildman–Crippen LogP) is 3.02. The Morgan fingerprint density at radius 3 is 2.40 bits per heavy atom. The Kier molecular flexibility index (Phi) is 6.43. The van der Waals surface area contributed by atoms with Crippen LogP contribution >= 0.6 is 0 Å². The molecule has 4 nitrogen and oxygen atoms in total. The molecule has 2 fully saturated rings. The number of hydrogen-bond acceptors (Lipinski definition) is 3. The Bertz CT molecular complexity index is 549. The van der Waals surface area contributed by atoms with Crippen molar-refractivity contribution in [1.29, 1.82) is 0 Å². The number of carbonyl (C=O) groups excluding carboxylic acids is 1. The Hall–Kier alpha value is -1.46. The molecule has 2 N–H and O–H groups in total. The molecule has 25 heavy (non-hydrogen) atoms. The standard InChI is InChI=1S/C20H29FN2O2/c21-17-8-6-15(7-9-17)19(24)14-23-12-10-16(11-13-23)20(25)22-18-4-2-1-3-5-18/h6-9,16,18-19,24H,1-5,10-14H2,(H,22,25)/t19-/m0/s1. The number of halogens is 1. The normalized spacial score (nSPS) is 21.8. The molecule has 1 amide bonds. The first-order valence-corrected chi connectivity index (χ1v) is 9.58. The number of hydrogen-bond donors (Lipinski definition) is 2. The van der Waals surface area contributed by atoms with Gasteiger partial charge in [-0.25, -0.2) is 4.39 Å². The largest absolute Gasteiger partial charge is 0.387 e. The van der Waals surface area contributed by atoms with Crippen LogP contribution in [0.25, 0.3) is 0 Å². The number of aliphatic hydroxyl groups is 1. The molecule has 1 saturated carbocycles. The summed E-state index contributed by atoms with van der Waals surface area (Å²) in [4.78, 5) is 14.6. The van der Waals surface area contributed by atoms with Gasteiger partial charge in [0.05, 0.1) is 6.10 Å². The van der Waals surface area contributed by atoms with Crippen molar-refractivity contribution in [2.75, 3.05) is 19.6 Å². The number of piperidine rings is 1. The minimum atomic E-state index is -0.617. The van der Waals surface area contributed by atoms with Gasteiger partial charge in [-0.2, -0.15) is 0 Å². The van der Waals surface area contributed by atoms with Gasteiger partial charge >= 0.3 is 0 Å². The quantitative estimate of drug-likeness (QED) is 0.860. The summed E-state index contributed by atoms with van der Waals surface area (Å²) in [7, 11) is 0. The summed E-state index contributed by atoms with van der Waals surface area (Å²) < 4.78 is 13.0. The van der Waals surface area contributed by atoms with Crippen LogP contribution in [0.5, 0.6) is 0 Å². The van der Waals surface area contributed by atoms with Crippen molar-refractivity contribution in [2.24, 2.45) is 5.92 Å². The molecule has 0 bridgehead atoms. The van der Waals surface area contributed by atoms with Gasteiger partial charge in [-0.1, -0.05) is 31.4 Å². The van der Waals surface area contributed by atoms with Gasteiger partial charge in [0.1, 0.15) is 5.82 Å². The summed E-state index contributed by atoms with van der Waals surface area (Å²) in [5.41, 5.74) is 0.735. The number of likely N-dealkylation sites (tertiary alicyclic amines) is 1. The van der Waals surface area contributed by atoms with Gasteiger partial charge in [0.25, 0.3) is 0 Å². The van der Waals surface area contributed by atoms with Crippen molar-refractivity contribution in [3.8, 4) is 0 Å². The number of β-amino-alcohol motifs (C(OH)–C–C–N with tert-alkyl or cyclic N) is 1. The average molecular weight is 348 g/mol. The first-order valence-electron chi connectivity index (χ1n) is 9.58. The van der Waals surface area contributed by atoms with Crippen LogP contribution in [-0.4, -0.2) is 41.6 Å². The Labute approximate surface area is 149 Å². The highest BCUT2D eigenvalue weighted by Crippen LogP contribution is 2.23. The molecular formula is C20H29FN2O2. The maximum absolute atomic E-state index is 13.0. The molecule has 5 heteroatoms. The molecular weight excluding hydrogens is 319 g/mol. The van der Waals surface area contributed by atoms with Crippen molar-refractivity contribution in [3.63, 3.8) is 0 Å². The van der Waals surface area contributed by atoms with Gasteiger partial charge in [-0.3, -0.25) is 4.79 Å². The second-order valence-electron chi connectivity index (χ2n) is 7.49. The third-order valence-corrected chi connectivity index (χ3v) is 5.60. The van der Waals surface area contributed by atoms with Crippen molar-refractivity contribution in [3.05, 3.63) is 35.6 Å². The van der Waals surface area contributed by atoms with E-state index in [9.17, 15) is 14.3 Å². The second-order valence-corrected chi connectivity index (χ2v) is 7.49. The molecule has 1 aromatic rings. The topological polar surface area (TPSA) is 52.6 Å². The van der Waals surface area contributed by atoms with E-state index in [-0.39, 0.29) is 17.6 Å². The van der Waals surface area contributed by atoms with Crippen LogP contribution in [0.4, 0.5) is 4.39 Å². The fourth-order valence-corrected chi connectivity index (χ4v) is 3.98. The van der Waals surface area contributed by atoms with E-state index in [0.29, 0.717) is 12.6 Å². The summed E-state index contributed by atoms with van der Waals surface area (Å²) in [6.45, 7) is 2.17. The maximum atomic E-state index is 13.0. The van der Waals surface area contributed by atoms with Crippen LogP contribution < -0.4 is 5.32 Å². The molecule has 1 heterocycles. The molecule has 1 atom stereocenters. The number of carbonyl (C=O) groups is 1. The van der Waals surface area contributed by atoms with E-state index < -0.39 is 6.10 Å². The average Bonchev–Trinajstić information content (AvgIpc) is 2.63. The summed E-state index contributed by atoms with van der Waals surface area (Å²) in [6, 6.07) is 6.38. The van der Waals surface area contributed by atoms with E-state index in [1.165, 1.54) is 31.4 Å². The lowest BCUT2D eigenvalue weighted by Crippen LogP contribution is -2.45. The van der Waals surface area contributed by atoms with E-state index in [2.05, 4.69) is 10.2 Å². The predicted molar refractivity (Wildman–Crippen MR) is 95.5 cm³/mol. The van der Waals surface area contributed by atoms with Crippen LogP contribution in [-0.2, 0) is 4.79 Å². The van der Waals surface area contributed by atoms with Crippen LogP contribution in [0, 0.1) is 11.7 Å². The first-order chi connectivity index (χ1) is 12.1. The minimum absolute atomic E-state index is 0.0983. The fourth-order valence-electron chi connectivity index (χ4n) is 3.98. The van der Waals surface area contributed by atoms with Crippen LogP contribution in [0.1, 0.15) is 56.6 Å². The van der Waals surface area contributed by atoms with E-state index in [4.69, 9.17) is 0 Å². The van der Waals surface area contributed by atoms with Gasteiger partial charge in [0.2, 0.25) is 5.91 Å². The van der Waals surface area contributed by atoms with E-state index in [0.717, 1.165) is 44.3 Å². The van der Waals surface area contributed by atoms with Gasteiger partial charge < -0.3 is 15.3 Å². The molecule has 0 unspecified atom stereocenters. The van der Waals surface area contributed by atoms with E-state index >= 15 is 0 Å². The molecule has 1 aliphatic carbocycles. The molecule has 1 saturated heterocycles. The highest BCUT2D eigenvalue weighted by atomic mass is 19.1. The Balaban J connectivity index is 1.41. The van der Waals surface area contributed by atoms with Gasteiger partial charge in [0.15, 0.2) is 0 Å². The van der Waals surface area contributed by atoms with Crippen LogP contribution in [0.2, 0.25) is 0 Å². The van der Waals surface area contributed by atoms with Crippen LogP contribution in [0.3, 0.4) is 0 Å². The van der Waals surface area contributed by atoms with Crippen molar-refractivity contribution < 1.29 is 14.3 Å². The molecule has 1 aliphatic heterocycles. The molecule has 3 rings (SSSR count). The zero-order chi connectivity index (χ0) is 17.6. The summed E-state index contributed by atoms with van der Waals surface area (Å²) in [6.07, 6.45) is 7.05. The fraction of sp³-hybridized carbons (Fsp3) is 0.650. The smallest absolute Gasteiger partial charge is 0.223 e. The van der Waals surface area contributed by atoms with Crippen LogP contribution in [0.15, 0.2) is 24.3 Å². The lowest BCUT2D eigenvalue weighted by molar-refractivity contribution is -0.127. The molecule has 0 spiro atoms. The zero-order valence-electron chi connectivity index (χ0n) is 14.8. The lowest BCUT2D eigenvalue weighted by atomic mass is 9.92. The first kappa shape index (κ1) is 18.3. The summed E-state index contributed by atoms with van der Waals surface area (Å²) >= 11 is 0. The summed E-state index contributed by atoms with van der Waals surface area (Å²) in [5, 5.41) is 13.5. The molecule has 2 aliphatic rings. The monoisotopic (exact) mass is 348 g/mol.